The van der Waals surface area contributed by atoms with E-state index in [1.54, 1.807) is 6.08 Å². The van der Waals surface area contributed by atoms with Crippen molar-refractivity contribution < 1.29 is 15.7 Å². The van der Waals surface area contributed by atoms with Crippen LogP contribution < -0.4 is 0 Å². The molecule has 0 amide bonds. The van der Waals surface area contributed by atoms with Crippen molar-refractivity contribution >= 4 is 0 Å². The first-order valence-corrected chi connectivity index (χ1v) is 3.68. The maximum atomic E-state index is 4.34. The summed E-state index contributed by atoms with van der Waals surface area (Å²) in [4.78, 5) is 0. The third kappa shape index (κ3) is 1.72. The monoisotopic (exact) mass is 176 g/mol. The van der Waals surface area contributed by atoms with Crippen LogP contribution in [-0.4, -0.2) is 0 Å². The molecule has 10 heavy (non-hydrogen) atoms. The zero-order valence-electron chi connectivity index (χ0n) is 5.63. The van der Waals surface area contributed by atoms with Gasteiger partial charge in [0.2, 0.25) is 0 Å². The van der Waals surface area contributed by atoms with E-state index in [-0.39, 0.29) is 0 Å². The molecule has 0 heterocycles. The molecule has 1 aliphatic rings. The Labute approximate surface area is 69.6 Å². The van der Waals surface area contributed by atoms with Crippen LogP contribution in [0.1, 0.15) is 6.42 Å². The SMILES string of the molecule is C=CC=CC1=[C]([Co])CC=C1. The predicted octanol–water partition coefficient (Wildman–Crippen LogP) is 2.49. The van der Waals surface area contributed by atoms with Crippen LogP contribution in [0.4, 0.5) is 0 Å². The molecular weight excluding hydrogens is 167 g/mol. The Hall–Kier alpha value is -0.534. The molecule has 0 saturated heterocycles. The molecule has 0 radical (unpaired) electrons. The predicted molar refractivity (Wildman–Crippen MR) is 40.1 cm³/mol. The molecule has 0 nitrogen and oxygen atoms in total. The first-order chi connectivity index (χ1) is 4.84. The van der Waals surface area contributed by atoms with E-state index in [0.717, 1.165) is 10.9 Å². The van der Waals surface area contributed by atoms with Gasteiger partial charge in [-0.1, -0.05) is 0 Å². The summed E-state index contributed by atoms with van der Waals surface area (Å²) in [7, 11) is 0. The van der Waals surface area contributed by atoms with Crippen molar-refractivity contribution in [3.63, 3.8) is 0 Å². The van der Waals surface area contributed by atoms with Crippen molar-refractivity contribution in [3.8, 4) is 0 Å². The second kappa shape index (κ2) is 3.59. The molecule has 0 aliphatic heterocycles. The summed E-state index contributed by atoms with van der Waals surface area (Å²) in [5, 5.41) is 0. The normalized spacial score (nSPS) is 17.4. The fourth-order valence-electron chi connectivity index (χ4n) is 0.803. The summed E-state index contributed by atoms with van der Waals surface area (Å²) < 4.78 is 1.13. The minimum atomic E-state index is 0.969. The topological polar surface area (TPSA) is 0 Å². The molecule has 1 aliphatic carbocycles. The molecule has 0 spiro atoms. The Morgan fingerprint density at radius 1 is 1.60 bits per heavy atom. The summed E-state index contributed by atoms with van der Waals surface area (Å²) in [5.74, 6) is 0. The van der Waals surface area contributed by atoms with Crippen molar-refractivity contribution in [3.05, 3.63) is 47.0 Å². The van der Waals surface area contributed by atoms with Crippen molar-refractivity contribution in [2.75, 3.05) is 0 Å². The third-order valence-corrected chi connectivity index (χ3v) is 1.81. The van der Waals surface area contributed by atoms with Gasteiger partial charge in [0.25, 0.3) is 0 Å². The van der Waals surface area contributed by atoms with Gasteiger partial charge in [-0.3, -0.25) is 0 Å². The van der Waals surface area contributed by atoms with Crippen molar-refractivity contribution in [2.45, 2.75) is 6.42 Å². The number of allylic oxidation sites excluding steroid dienone is 7. The molecule has 0 atom stereocenters. The Kier molecular flexibility index (Phi) is 2.72. The van der Waals surface area contributed by atoms with Crippen LogP contribution in [0.5, 0.6) is 0 Å². The molecule has 0 N–H and O–H groups in total. The van der Waals surface area contributed by atoms with Gasteiger partial charge in [0.05, 0.1) is 0 Å². The van der Waals surface area contributed by atoms with E-state index in [1.165, 1.54) is 5.57 Å². The van der Waals surface area contributed by atoms with E-state index in [2.05, 4.69) is 34.5 Å². The van der Waals surface area contributed by atoms with E-state index in [0.29, 0.717) is 0 Å². The molecule has 1 rings (SSSR count). The van der Waals surface area contributed by atoms with Gasteiger partial charge in [0.15, 0.2) is 0 Å². The number of rotatable bonds is 2. The van der Waals surface area contributed by atoms with Crippen LogP contribution in [0.15, 0.2) is 47.0 Å². The first-order valence-electron chi connectivity index (χ1n) is 3.16. The Bertz CT molecular complexity index is 219. The first kappa shape index (κ1) is 7.57. The van der Waals surface area contributed by atoms with Crippen LogP contribution in [0.2, 0.25) is 0 Å². The minimum absolute atomic E-state index is 0.969. The van der Waals surface area contributed by atoms with Crippen molar-refractivity contribution in [1.29, 1.82) is 0 Å². The molecule has 0 bridgehead atoms. The fourth-order valence-corrected chi connectivity index (χ4v) is 1.10. The molecule has 0 unspecified atom stereocenters. The van der Waals surface area contributed by atoms with Gasteiger partial charge in [-0.05, 0) is 0 Å². The van der Waals surface area contributed by atoms with Gasteiger partial charge < -0.3 is 0 Å². The van der Waals surface area contributed by atoms with Crippen LogP contribution in [0, 0.1) is 0 Å². The zero-order valence-corrected chi connectivity index (χ0v) is 6.68. The Morgan fingerprint density at radius 3 is 2.90 bits per heavy atom. The quantitative estimate of drug-likeness (QED) is 0.567. The number of hydrogen-bond donors (Lipinski definition) is 0. The third-order valence-electron chi connectivity index (χ3n) is 1.30. The van der Waals surface area contributed by atoms with Gasteiger partial charge in [-0.15, -0.1) is 0 Å². The second-order valence-electron chi connectivity index (χ2n) is 2.03. The second-order valence-corrected chi connectivity index (χ2v) is 2.66. The van der Waals surface area contributed by atoms with Crippen LogP contribution in [-0.2, 0) is 15.7 Å². The zero-order chi connectivity index (χ0) is 7.40. The van der Waals surface area contributed by atoms with E-state index in [1.807, 2.05) is 12.2 Å². The van der Waals surface area contributed by atoms with Gasteiger partial charge in [-0.25, -0.2) is 0 Å². The van der Waals surface area contributed by atoms with E-state index >= 15 is 0 Å². The van der Waals surface area contributed by atoms with E-state index in [4.69, 9.17) is 0 Å². The van der Waals surface area contributed by atoms with Crippen LogP contribution in [0.3, 0.4) is 0 Å². The van der Waals surface area contributed by atoms with Gasteiger partial charge in [0.1, 0.15) is 0 Å². The summed E-state index contributed by atoms with van der Waals surface area (Å²) in [6.07, 6.45) is 10.8. The van der Waals surface area contributed by atoms with Crippen LogP contribution in [0.25, 0.3) is 0 Å². The van der Waals surface area contributed by atoms with Crippen LogP contribution >= 0.6 is 0 Å². The van der Waals surface area contributed by atoms with Gasteiger partial charge in [-0.2, -0.15) is 0 Å². The molecule has 0 saturated carbocycles. The molecular formula is C9H9Co. The summed E-state index contributed by atoms with van der Waals surface area (Å²) in [6, 6.07) is 0. The fraction of sp³-hybridized carbons (Fsp3) is 0.111. The number of hydrogen-bond acceptors (Lipinski definition) is 0. The molecule has 0 aromatic heterocycles. The average Bonchev–Trinajstić information content (AvgIpc) is 2.31. The van der Waals surface area contributed by atoms with Gasteiger partial charge in [0, 0.05) is 0 Å². The van der Waals surface area contributed by atoms with E-state index < -0.39 is 0 Å². The van der Waals surface area contributed by atoms with E-state index in [9.17, 15) is 0 Å². The molecule has 1 heteroatoms. The van der Waals surface area contributed by atoms with Gasteiger partial charge >= 0.3 is 69.2 Å². The summed E-state index contributed by atoms with van der Waals surface area (Å²) in [6.45, 7) is 3.59. The maximum absolute atomic E-state index is 4.34. The summed E-state index contributed by atoms with van der Waals surface area (Å²) in [5.41, 5.74) is 1.19. The van der Waals surface area contributed by atoms with Crippen molar-refractivity contribution in [1.82, 2.24) is 0 Å². The molecule has 0 aromatic rings. The Balaban J connectivity index is 2.71. The van der Waals surface area contributed by atoms with Crippen molar-refractivity contribution in [2.24, 2.45) is 0 Å². The molecule has 0 fully saturated rings. The molecule has 54 valence electrons. The standard InChI is InChI=1S/C9H9.Co/c1-2-3-6-9-7-4-5-8-9;/h2-4,6-7H,1,5H2;. The average molecular weight is 176 g/mol. The Morgan fingerprint density at radius 2 is 2.40 bits per heavy atom. The summed E-state index contributed by atoms with van der Waals surface area (Å²) >= 11 is 4.34. The molecule has 0 aromatic carbocycles.